The Morgan fingerprint density at radius 3 is 2.60 bits per heavy atom. The van der Waals surface area contributed by atoms with E-state index in [0.717, 1.165) is 5.69 Å². The number of nitrogens with zero attached hydrogens (tertiary/aromatic N) is 2. The molecule has 0 saturated heterocycles. The van der Waals surface area contributed by atoms with Crippen LogP contribution in [0.15, 0.2) is 29.3 Å². The first-order chi connectivity index (χ1) is 9.33. The van der Waals surface area contributed by atoms with Gasteiger partial charge in [0.2, 0.25) is 0 Å². The summed E-state index contributed by atoms with van der Waals surface area (Å²) in [5.74, 6) is 0. The predicted molar refractivity (Wildman–Crippen MR) is 75.9 cm³/mol. The summed E-state index contributed by atoms with van der Waals surface area (Å²) in [4.78, 5) is 4.33. The third-order valence-corrected chi connectivity index (χ3v) is 4.36. The molecule has 0 aliphatic rings. The monoisotopic (exact) mass is 295 g/mol. The Balaban J connectivity index is 2.35. The highest BCUT2D eigenvalue weighted by molar-refractivity contribution is 7.92. The summed E-state index contributed by atoms with van der Waals surface area (Å²) >= 11 is 0. The first kappa shape index (κ1) is 14.5. The van der Waals surface area contributed by atoms with Crippen molar-refractivity contribution < 1.29 is 13.5 Å². The smallest absolute Gasteiger partial charge is 0.263 e. The third kappa shape index (κ3) is 2.83. The maximum atomic E-state index is 12.3. The van der Waals surface area contributed by atoms with Crippen molar-refractivity contribution in [2.75, 3.05) is 4.72 Å². The highest BCUT2D eigenvalue weighted by atomic mass is 32.2. The van der Waals surface area contributed by atoms with Crippen LogP contribution >= 0.6 is 0 Å². The van der Waals surface area contributed by atoms with E-state index in [-0.39, 0.29) is 11.5 Å². The lowest BCUT2D eigenvalue weighted by Gasteiger charge is -2.09. The van der Waals surface area contributed by atoms with Gasteiger partial charge in [0.15, 0.2) is 0 Å². The molecule has 0 aromatic carbocycles. The van der Waals surface area contributed by atoms with Crippen LogP contribution in [0.3, 0.4) is 0 Å². The summed E-state index contributed by atoms with van der Waals surface area (Å²) in [5, 5.41) is 9.12. The number of rotatable bonds is 4. The van der Waals surface area contributed by atoms with E-state index in [1.807, 2.05) is 6.92 Å². The van der Waals surface area contributed by atoms with Gasteiger partial charge in [0.25, 0.3) is 10.0 Å². The van der Waals surface area contributed by atoms with Crippen molar-refractivity contribution in [3.05, 3.63) is 41.5 Å². The van der Waals surface area contributed by atoms with Gasteiger partial charge in [-0.15, -0.1) is 0 Å². The fraction of sp³-hybridized carbons (Fsp3) is 0.308. The van der Waals surface area contributed by atoms with E-state index in [2.05, 4.69) is 9.71 Å². The van der Waals surface area contributed by atoms with E-state index in [1.165, 1.54) is 12.3 Å². The van der Waals surface area contributed by atoms with Crippen molar-refractivity contribution >= 4 is 15.7 Å². The summed E-state index contributed by atoms with van der Waals surface area (Å²) in [5.41, 5.74) is 2.42. The molecular formula is C13H17N3O3S. The zero-order valence-corrected chi connectivity index (χ0v) is 12.4. The maximum absolute atomic E-state index is 12.3. The molecular weight excluding hydrogens is 278 g/mol. The molecule has 0 unspecified atom stereocenters. The number of aromatic nitrogens is 2. The van der Waals surface area contributed by atoms with E-state index < -0.39 is 10.0 Å². The lowest BCUT2D eigenvalue weighted by atomic mass is 10.3. The molecule has 20 heavy (non-hydrogen) atoms. The summed E-state index contributed by atoms with van der Waals surface area (Å²) < 4.78 is 28.7. The third-order valence-electron chi connectivity index (χ3n) is 3.02. The number of nitrogens with one attached hydrogen (secondary N) is 1. The zero-order chi connectivity index (χ0) is 14.9. The van der Waals surface area contributed by atoms with Crippen LogP contribution in [0.2, 0.25) is 0 Å². The molecule has 2 aromatic rings. The fourth-order valence-electron chi connectivity index (χ4n) is 1.88. The first-order valence-corrected chi connectivity index (χ1v) is 7.55. The van der Waals surface area contributed by atoms with Crippen molar-refractivity contribution in [3.8, 4) is 0 Å². The molecule has 0 saturated carbocycles. The second kappa shape index (κ2) is 5.26. The van der Waals surface area contributed by atoms with Gasteiger partial charge in [-0.2, -0.15) is 0 Å². The van der Waals surface area contributed by atoms with Crippen LogP contribution in [-0.4, -0.2) is 23.1 Å². The SMILES string of the molecule is Cc1ccc(NS(=O)(=O)c2cc(CO)n(C)c2)c(C)n1. The van der Waals surface area contributed by atoms with Crippen LogP contribution in [0.25, 0.3) is 0 Å². The molecule has 7 heteroatoms. The molecule has 6 nitrogen and oxygen atoms in total. The number of hydrogen-bond acceptors (Lipinski definition) is 4. The van der Waals surface area contributed by atoms with Crippen LogP contribution in [-0.2, 0) is 23.7 Å². The van der Waals surface area contributed by atoms with Gasteiger partial charge in [-0.25, -0.2) is 8.42 Å². The van der Waals surface area contributed by atoms with Crippen LogP contribution < -0.4 is 4.72 Å². The molecule has 0 spiro atoms. The van der Waals surface area contributed by atoms with E-state index in [0.29, 0.717) is 17.1 Å². The average molecular weight is 295 g/mol. The molecule has 0 aliphatic heterocycles. The molecule has 0 aliphatic carbocycles. The highest BCUT2D eigenvalue weighted by Crippen LogP contribution is 2.20. The van der Waals surface area contributed by atoms with Crippen LogP contribution in [0.1, 0.15) is 17.1 Å². The minimum absolute atomic E-state index is 0.115. The Labute approximate surface area is 118 Å². The zero-order valence-electron chi connectivity index (χ0n) is 11.6. The first-order valence-electron chi connectivity index (χ1n) is 6.06. The Kier molecular flexibility index (Phi) is 3.82. The van der Waals surface area contributed by atoms with Crippen LogP contribution in [0, 0.1) is 13.8 Å². The summed E-state index contributed by atoms with van der Waals surface area (Å²) in [6.07, 6.45) is 1.46. The Morgan fingerprint density at radius 1 is 1.35 bits per heavy atom. The van der Waals surface area contributed by atoms with Crippen LogP contribution in [0.5, 0.6) is 0 Å². The molecule has 108 valence electrons. The minimum atomic E-state index is -3.68. The van der Waals surface area contributed by atoms with Crippen molar-refractivity contribution in [2.45, 2.75) is 25.3 Å². The van der Waals surface area contributed by atoms with Gasteiger partial charge < -0.3 is 9.67 Å². The van der Waals surface area contributed by atoms with E-state index in [9.17, 15) is 8.42 Å². The van der Waals surface area contributed by atoms with E-state index in [4.69, 9.17) is 5.11 Å². The molecule has 0 radical (unpaired) electrons. The second-order valence-corrected chi connectivity index (χ2v) is 6.31. The van der Waals surface area contributed by atoms with Gasteiger partial charge in [0, 0.05) is 24.6 Å². The number of hydrogen-bond donors (Lipinski definition) is 2. The number of pyridine rings is 1. The molecule has 0 bridgehead atoms. The van der Waals surface area contributed by atoms with Crippen molar-refractivity contribution in [2.24, 2.45) is 7.05 Å². The highest BCUT2D eigenvalue weighted by Gasteiger charge is 2.18. The number of aliphatic hydroxyl groups is 1. The minimum Gasteiger partial charge on any atom is -0.390 e. The lowest BCUT2D eigenvalue weighted by Crippen LogP contribution is -2.13. The molecule has 0 atom stereocenters. The largest absolute Gasteiger partial charge is 0.390 e. The summed E-state index contributed by atoms with van der Waals surface area (Å²) in [6, 6.07) is 4.87. The normalized spacial score (nSPS) is 11.6. The Morgan fingerprint density at radius 2 is 2.05 bits per heavy atom. The lowest BCUT2D eigenvalue weighted by molar-refractivity contribution is 0.272. The Bertz CT molecular complexity index is 735. The predicted octanol–water partition coefficient (Wildman–Crippen LogP) is 1.33. The number of aryl methyl sites for hydroxylation is 3. The average Bonchev–Trinajstić information content (AvgIpc) is 2.75. The summed E-state index contributed by atoms with van der Waals surface area (Å²) in [6.45, 7) is 3.38. The van der Waals surface area contributed by atoms with Crippen molar-refractivity contribution in [1.82, 2.24) is 9.55 Å². The van der Waals surface area contributed by atoms with Gasteiger partial charge >= 0.3 is 0 Å². The standard InChI is InChI=1S/C13H17N3O3S/c1-9-4-5-13(10(2)14-9)15-20(18,19)12-6-11(8-17)16(3)7-12/h4-7,15,17H,8H2,1-3H3. The molecule has 0 fully saturated rings. The van der Waals surface area contributed by atoms with Gasteiger partial charge in [0.05, 0.1) is 18.0 Å². The van der Waals surface area contributed by atoms with Gasteiger partial charge in [-0.3, -0.25) is 9.71 Å². The second-order valence-electron chi connectivity index (χ2n) is 4.63. The van der Waals surface area contributed by atoms with E-state index in [1.54, 1.807) is 30.7 Å². The number of sulfonamides is 1. The number of anilines is 1. The Hall–Kier alpha value is -1.86. The van der Waals surface area contributed by atoms with Crippen molar-refractivity contribution in [3.63, 3.8) is 0 Å². The quantitative estimate of drug-likeness (QED) is 0.891. The number of aliphatic hydroxyl groups excluding tert-OH is 1. The molecule has 0 amide bonds. The fourth-order valence-corrected chi connectivity index (χ4v) is 3.09. The van der Waals surface area contributed by atoms with E-state index >= 15 is 0 Å². The van der Waals surface area contributed by atoms with Gasteiger partial charge in [0.1, 0.15) is 4.90 Å². The molecule has 2 N–H and O–H groups in total. The maximum Gasteiger partial charge on any atom is 0.263 e. The van der Waals surface area contributed by atoms with Gasteiger partial charge in [-0.1, -0.05) is 0 Å². The van der Waals surface area contributed by atoms with Crippen LogP contribution in [0.4, 0.5) is 5.69 Å². The topological polar surface area (TPSA) is 84.2 Å². The molecule has 2 rings (SSSR count). The van der Waals surface area contributed by atoms with Crippen molar-refractivity contribution in [1.29, 1.82) is 0 Å². The molecule has 2 heterocycles. The molecule has 2 aromatic heterocycles. The summed E-state index contributed by atoms with van der Waals surface area (Å²) in [7, 11) is -2.00. The van der Waals surface area contributed by atoms with Gasteiger partial charge in [-0.05, 0) is 32.0 Å².